The van der Waals surface area contributed by atoms with Gasteiger partial charge in [0.1, 0.15) is 0 Å². The third-order valence-corrected chi connectivity index (χ3v) is 10.9. The van der Waals surface area contributed by atoms with Crippen LogP contribution in [0.5, 0.6) is 0 Å². The minimum atomic E-state index is -1.21. The molecule has 0 saturated heterocycles. The lowest BCUT2D eigenvalue weighted by molar-refractivity contribution is -0.167. The van der Waals surface area contributed by atoms with Crippen LogP contribution in [0.3, 0.4) is 0 Å². The molecule has 0 amide bonds. The number of Topliss-reactive ketones (excluding diaryl/α,β-unsaturated/α-hetero) is 1. The van der Waals surface area contributed by atoms with Crippen molar-refractivity contribution in [2.75, 3.05) is 19.8 Å². The second-order valence-electron chi connectivity index (χ2n) is 14.3. The van der Waals surface area contributed by atoms with Crippen LogP contribution in [0.15, 0.2) is 83.0 Å². The van der Waals surface area contributed by atoms with E-state index in [0.29, 0.717) is 49.7 Å². The summed E-state index contributed by atoms with van der Waals surface area (Å²) in [6.07, 6.45) is 10.4. The molecule has 9 N–H and O–H groups in total. The molecule has 1 aromatic rings. The second-order valence-corrected chi connectivity index (χ2v) is 14.3. The monoisotopic (exact) mass is 663 g/mol. The van der Waals surface area contributed by atoms with Crippen molar-refractivity contribution in [3.63, 3.8) is 0 Å². The number of carbonyl (C=O) groups is 1. The van der Waals surface area contributed by atoms with Crippen molar-refractivity contribution in [3.05, 3.63) is 94.1 Å². The zero-order chi connectivity index (χ0) is 35.6. The maximum Gasteiger partial charge on any atom is 0.162 e. The lowest BCUT2D eigenvalue weighted by Crippen LogP contribution is -2.59. The molecule has 2 saturated carbocycles. The van der Waals surface area contributed by atoms with E-state index in [1.54, 1.807) is 6.92 Å². The number of carbonyl (C=O) groups excluding carboxylic acids is 1. The fraction of sp³-hybridized carbons (Fsp3) is 0.575. The van der Waals surface area contributed by atoms with Crippen LogP contribution in [0, 0.1) is 17.3 Å². The highest BCUT2D eigenvalue weighted by Gasteiger charge is 2.64. The standard InChI is InChI=1S/C40H61N3O5/c1-7-43-35(17-16-26(2)3)27(4)11-8-14-31(25-45)33-19-21-40(37(33)47)34(15-10-22-44)32(18-20-39(40,6)48)28(5)36(46)24-29-12-9-13-30(23-29)38(41)42/h8-9,11-14,16,23,33-35,37-38,43-45,47-48H,4,7,10,15,17-22,24-25,41-42H2,1-3,5-6H3. The summed E-state index contributed by atoms with van der Waals surface area (Å²) >= 11 is 0. The Bertz CT molecular complexity index is 1390. The lowest BCUT2D eigenvalue weighted by Gasteiger charge is -2.55. The summed E-state index contributed by atoms with van der Waals surface area (Å²) in [6.45, 7) is 14.7. The summed E-state index contributed by atoms with van der Waals surface area (Å²) in [5.74, 6) is -0.707. The Labute approximate surface area is 288 Å². The van der Waals surface area contributed by atoms with Gasteiger partial charge in [-0.1, -0.05) is 73.2 Å². The van der Waals surface area contributed by atoms with E-state index in [1.807, 2.05) is 49.4 Å². The second kappa shape index (κ2) is 17.8. The van der Waals surface area contributed by atoms with Gasteiger partial charge in [-0.25, -0.2) is 0 Å². The van der Waals surface area contributed by atoms with E-state index in [2.05, 4.69) is 38.7 Å². The Morgan fingerprint density at radius 1 is 1.19 bits per heavy atom. The number of nitrogens with two attached hydrogens (primary N) is 2. The highest BCUT2D eigenvalue weighted by Crippen LogP contribution is 2.63. The third-order valence-electron chi connectivity index (χ3n) is 10.9. The largest absolute Gasteiger partial charge is 0.396 e. The summed E-state index contributed by atoms with van der Waals surface area (Å²) in [5.41, 5.74) is 15.6. The number of allylic oxidation sites excluding steroid dienone is 5. The molecule has 3 rings (SSSR count). The molecule has 0 heterocycles. The number of rotatable bonds is 16. The van der Waals surface area contributed by atoms with E-state index in [0.717, 1.165) is 35.2 Å². The molecule has 2 aliphatic carbocycles. The van der Waals surface area contributed by atoms with Gasteiger partial charge in [0.2, 0.25) is 0 Å². The first kappa shape index (κ1) is 39.7. The molecule has 48 heavy (non-hydrogen) atoms. The summed E-state index contributed by atoms with van der Waals surface area (Å²) < 4.78 is 0. The molecule has 0 aromatic heterocycles. The van der Waals surface area contributed by atoms with Crippen LogP contribution in [0.25, 0.3) is 0 Å². The summed E-state index contributed by atoms with van der Waals surface area (Å²) in [7, 11) is 0. The average Bonchev–Trinajstić information content (AvgIpc) is 3.39. The van der Waals surface area contributed by atoms with Crippen molar-refractivity contribution in [2.45, 2.75) is 110 Å². The summed E-state index contributed by atoms with van der Waals surface area (Å²) in [6, 6.07) is 7.53. The minimum absolute atomic E-state index is 0.0239. The zero-order valence-corrected chi connectivity index (χ0v) is 29.8. The van der Waals surface area contributed by atoms with Gasteiger partial charge in [-0.05, 0) is 113 Å². The van der Waals surface area contributed by atoms with Crippen molar-refractivity contribution in [3.8, 4) is 0 Å². The summed E-state index contributed by atoms with van der Waals surface area (Å²) in [4.78, 5) is 13.8. The molecular formula is C40H61N3O5. The maximum atomic E-state index is 13.8. The van der Waals surface area contributed by atoms with Gasteiger partial charge < -0.3 is 37.2 Å². The van der Waals surface area contributed by atoms with E-state index < -0.39 is 23.3 Å². The average molecular weight is 664 g/mol. The molecule has 1 aromatic carbocycles. The van der Waals surface area contributed by atoms with Gasteiger partial charge >= 0.3 is 0 Å². The van der Waals surface area contributed by atoms with Gasteiger partial charge in [-0.3, -0.25) is 4.79 Å². The first-order chi connectivity index (χ1) is 22.7. The van der Waals surface area contributed by atoms with Crippen molar-refractivity contribution < 1.29 is 25.2 Å². The maximum absolute atomic E-state index is 13.8. The third kappa shape index (κ3) is 9.10. The SMILES string of the molecule is C=C(C=CC=C(CO)C1CCC2(C(CCCO)C(=C(C)C(=O)Cc3cccc(C(N)N)c3)CCC2(C)O)C1O)C(CC=C(C)C)NCC. The van der Waals surface area contributed by atoms with Crippen LogP contribution >= 0.6 is 0 Å². The predicted molar refractivity (Wildman–Crippen MR) is 195 cm³/mol. The minimum Gasteiger partial charge on any atom is -0.396 e. The highest BCUT2D eigenvalue weighted by molar-refractivity contribution is 5.97. The smallest absolute Gasteiger partial charge is 0.162 e. The number of nitrogens with one attached hydrogen (secondary N) is 1. The van der Waals surface area contributed by atoms with Gasteiger partial charge in [0.05, 0.1) is 24.5 Å². The zero-order valence-electron chi connectivity index (χ0n) is 29.8. The van der Waals surface area contributed by atoms with Crippen LogP contribution in [0.4, 0.5) is 0 Å². The first-order valence-electron chi connectivity index (χ1n) is 17.6. The van der Waals surface area contributed by atoms with Crippen molar-refractivity contribution >= 4 is 5.78 Å². The summed E-state index contributed by atoms with van der Waals surface area (Å²) in [5, 5.41) is 48.2. The van der Waals surface area contributed by atoms with Gasteiger partial charge in [-0.15, -0.1) is 0 Å². The van der Waals surface area contributed by atoms with E-state index in [1.165, 1.54) is 5.57 Å². The molecule has 6 unspecified atom stereocenters. The van der Waals surface area contributed by atoms with E-state index >= 15 is 0 Å². The van der Waals surface area contributed by atoms with E-state index in [-0.39, 0.29) is 43.3 Å². The molecule has 8 nitrogen and oxygen atoms in total. The van der Waals surface area contributed by atoms with E-state index in [4.69, 9.17) is 11.5 Å². The Morgan fingerprint density at radius 3 is 2.54 bits per heavy atom. The number of benzene rings is 1. The fourth-order valence-corrected chi connectivity index (χ4v) is 8.14. The molecule has 0 bridgehead atoms. The van der Waals surface area contributed by atoms with Gasteiger partial charge in [0.15, 0.2) is 5.78 Å². The fourth-order valence-electron chi connectivity index (χ4n) is 8.14. The van der Waals surface area contributed by atoms with Crippen LogP contribution in [-0.4, -0.2) is 63.7 Å². The van der Waals surface area contributed by atoms with Gasteiger partial charge in [0.25, 0.3) is 0 Å². The topological polar surface area (TPSA) is 162 Å². The normalized spacial score (nSPS) is 27.9. The lowest BCUT2D eigenvalue weighted by atomic mass is 9.52. The number of likely N-dealkylation sites (N-methyl/N-ethyl adjacent to an activating group) is 1. The van der Waals surface area contributed by atoms with Crippen LogP contribution < -0.4 is 16.8 Å². The molecule has 2 aliphatic rings. The Hall–Kier alpha value is -2.69. The number of hydrogen-bond donors (Lipinski definition) is 7. The predicted octanol–water partition coefficient (Wildman–Crippen LogP) is 5.09. The number of aliphatic hydroxyl groups excluding tert-OH is 3. The Kier molecular flexibility index (Phi) is 14.7. The number of aliphatic hydroxyl groups is 4. The highest BCUT2D eigenvalue weighted by atomic mass is 16.3. The molecule has 1 spiro atoms. The van der Waals surface area contributed by atoms with E-state index in [9.17, 15) is 25.2 Å². The number of hydrogen-bond acceptors (Lipinski definition) is 8. The molecule has 0 radical (unpaired) electrons. The van der Waals surface area contributed by atoms with Crippen LogP contribution in [-0.2, 0) is 11.2 Å². The Balaban J connectivity index is 1.95. The molecule has 8 heteroatoms. The Morgan fingerprint density at radius 2 is 1.92 bits per heavy atom. The van der Waals surface area contributed by atoms with Crippen molar-refractivity contribution in [1.29, 1.82) is 0 Å². The van der Waals surface area contributed by atoms with Crippen LogP contribution in [0.1, 0.15) is 96.9 Å². The van der Waals surface area contributed by atoms with Crippen molar-refractivity contribution in [1.82, 2.24) is 5.32 Å². The van der Waals surface area contributed by atoms with Gasteiger partial charge in [0, 0.05) is 30.4 Å². The molecule has 2 fully saturated rings. The first-order valence-corrected chi connectivity index (χ1v) is 17.6. The molecular weight excluding hydrogens is 602 g/mol. The quantitative estimate of drug-likeness (QED) is 0.0557. The van der Waals surface area contributed by atoms with Crippen molar-refractivity contribution in [2.24, 2.45) is 28.7 Å². The molecule has 6 atom stereocenters. The van der Waals surface area contributed by atoms with Crippen LogP contribution in [0.2, 0.25) is 0 Å². The molecule has 266 valence electrons. The number of ketones is 1. The molecule has 0 aliphatic heterocycles. The van der Waals surface area contributed by atoms with Gasteiger partial charge in [-0.2, -0.15) is 0 Å².